The maximum Gasteiger partial charge on any atom is 0.323 e. The van der Waals surface area contributed by atoms with E-state index in [9.17, 15) is 19.5 Å². The lowest BCUT2D eigenvalue weighted by Crippen LogP contribution is -2.45. The van der Waals surface area contributed by atoms with E-state index in [-0.39, 0.29) is 43.2 Å². The van der Waals surface area contributed by atoms with Crippen LogP contribution in [0.2, 0.25) is 0 Å². The van der Waals surface area contributed by atoms with Gasteiger partial charge in [-0.15, -0.1) is 0 Å². The van der Waals surface area contributed by atoms with Crippen molar-refractivity contribution in [3.8, 4) is 0 Å². The van der Waals surface area contributed by atoms with E-state index in [4.69, 9.17) is 19.4 Å². The van der Waals surface area contributed by atoms with Crippen LogP contribution < -0.4 is 10.8 Å². The van der Waals surface area contributed by atoms with Gasteiger partial charge in [-0.3, -0.25) is 24.5 Å². The van der Waals surface area contributed by atoms with E-state index in [1.807, 2.05) is 69.3 Å². The first-order valence-corrected chi connectivity index (χ1v) is 16.3. The largest absolute Gasteiger partial charge is 0.459 e. The third-order valence-corrected chi connectivity index (χ3v) is 8.24. The molecular weight excluding hydrogens is 590 g/mol. The number of benzene rings is 2. The fraction of sp³-hybridized carbons (Fsp3) is 0.571. The van der Waals surface area contributed by atoms with Gasteiger partial charge in [0.25, 0.3) is 0 Å². The molecule has 2 amide bonds. The van der Waals surface area contributed by atoms with Crippen LogP contribution in [0.4, 0.5) is 5.69 Å². The number of aliphatic hydroxyl groups excluding tert-OH is 1. The second kappa shape index (κ2) is 17.0. The van der Waals surface area contributed by atoms with Crippen molar-refractivity contribution >= 4 is 23.5 Å². The number of carbonyl (C=O) groups is 3. The van der Waals surface area contributed by atoms with E-state index in [0.717, 1.165) is 48.9 Å². The molecule has 0 spiro atoms. The van der Waals surface area contributed by atoms with Gasteiger partial charge in [0.05, 0.1) is 18.8 Å². The third kappa shape index (κ3) is 10.9. The molecule has 0 unspecified atom stereocenters. The van der Waals surface area contributed by atoms with Crippen LogP contribution >= 0.6 is 0 Å². The molecular formula is C35H49N3O8. The smallest absolute Gasteiger partial charge is 0.323 e. The molecule has 11 heteroatoms. The number of nitrogens with one attached hydrogen (secondary N) is 2. The van der Waals surface area contributed by atoms with Crippen molar-refractivity contribution in [3.05, 3.63) is 65.2 Å². The minimum atomic E-state index is -0.651. The molecule has 2 aromatic carbocycles. The van der Waals surface area contributed by atoms with Crippen molar-refractivity contribution in [2.75, 3.05) is 18.4 Å². The molecule has 4 atom stereocenters. The van der Waals surface area contributed by atoms with Crippen molar-refractivity contribution in [1.82, 2.24) is 10.4 Å². The number of esters is 1. The van der Waals surface area contributed by atoms with Crippen LogP contribution in [0.25, 0.3) is 0 Å². The summed E-state index contributed by atoms with van der Waals surface area (Å²) in [7, 11) is 0. The Morgan fingerprint density at radius 1 is 0.913 bits per heavy atom. The van der Waals surface area contributed by atoms with E-state index in [1.54, 1.807) is 5.48 Å². The molecule has 2 fully saturated rings. The highest BCUT2D eigenvalue weighted by molar-refractivity contribution is 5.90. The molecule has 0 aromatic heterocycles. The summed E-state index contributed by atoms with van der Waals surface area (Å²) in [4.78, 5) is 38.7. The van der Waals surface area contributed by atoms with Gasteiger partial charge in [-0.1, -0.05) is 49.2 Å². The number of hydrogen-bond donors (Lipinski definition) is 4. The van der Waals surface area contributed by atoms with Crippen LogP contribution in [0.15, 0.2) is 48.5 Å². The molecule has 2 aromatic rings. The number of unbranched alkanes of at least 4 members (excludes halogenated alkanes) is 3. The number of amides is 2. The molecule has 2 aliphatic rings. The molecule has 4 rings (SSSR count). The molecule has 2 heterocycles. The van der Waals surface area contributed by atoms with E-state index in [0.29, 0.717) is 37.9 Å². The molecule has 0 saturated carbocycles. The van der Waals surface area contributed by atoms with E-state index in [2.05, 4.69) is 10.2 Å². The Labute approximate surface area is 271 Å². The van der Waals surface area contributed by atoms with Crippen LogP contribution in [0.3, 0.4) is 0 Å². The number of ether oxygens (including phenoxy) is 3. The average Bonchev–Trinajstić information content (AvgIpc) is 3.50. The molecule has 252 valence electrons. The topological polar surface area (TPSA) is 147 Å². The first kappa shape index (κ1) is 35.5. The zero-order valence-corrected chi connectivity index (χ0v) is 27.2. The molecule has 4 N–H and O–H groups in total. The molecule has 46 heavy (non-hydrogen) atoms. The van der Waals surface area contributed by atoms with Crippen molar-refractivity contribution in [2.45, 2.75) is 115 Å². The van der Waals surface area contributed by atoms with E-state index in [1.165, 1.54) is 0 Å². The van der Waals surface area contributed by atoms with Crippen molar-refractivity contribution < 1.29 is 38.9 Å². The fourth-order valence-corrected chi connectivity index (χ4v) is 5.90. The van der Waals surface area contributed by atoms with E-state index >= 15 is 0 Å². The Bertz CT molecular complexity index is 1280. The van der Waals surface area contributed by atoms with Crippen LogP contribution in [0.5, 0.6) is 0 Å². The summed E-state index contributed by atoms with van der Waals surface area (Å²) in [5.74, 6) is -0.677. The summed E-state index contributed by atoms with van der Waals surface area (Å²) in [6.45, 7) is 6.97. The second-order valence-corrected chi connectivity index (χ2v) is 13.2. The summed E-state index contributed by atoms with van der Waals surface area (Å²) in [6.07, 6.45) is 4.82. The number of nitrogens with zero attached hydrogens (tertiary/aromatic N) is 1. The Morgan fingerprint density at radius 3 is 2.20 bits per heavy atom. The lowest BCUT2D eigenvalue weighted by Gasteiger charge is -2.38. The Balaban J connectivity index is 1.38. The van der Waals surface area contributed by atoms with Crippen LogP contribution in [-0.2, 0) is 35.2 Å². The minimum absolute atomic E-state index is 0.0322. The molecule has 2 aliphatic heterocycles. The Hall–Kier alpha value is -3.35. The second-order valence-electron chi connectivity index (χ2n) is 13.2. The lowest BCUT2D eigenvalue weighted by molar-refractivity contribution is -0.253. The average molecular weight is 640 g/mol. The predicted octanol–water partition coefficient (Wildman–Crippen LogP) is 5.31. The number of rotatable bonds is 14. The van der Waals surface area contributed by atoms with Gasteiger partial charge in [-0.2, -0.15) is 0 Å². The first-order chi connectivity index (χ1) is 22.0. The van der Waals surface area contributed by atoms with Gasteiger partial charge >= 0.3 is 5.97 Å². The van der Waals surface area contributed by atoms with Crippen LogP contribution in [-0.4, -0.2) is 63.8 Å². The van der Waals surface area contributed by atoms with Crippen molar-refractivity contribution in [3.63, 3.8) is 0 Å². The fourth-order valence-electron chi connectivity index (χ4n) is 5.90. The third-order valence-electron chi connectivity index (χ3n) is 8.24. The maximum absolute atomic E-state index is 13.0. The van der Waals surface area contributed by atoms with Gasteiger partial charge in [-0.25, -0.2) is 5.48 Å². The van der Waals surface area contributed by atoms with Crippen molar-refractivity contribution in [1.29, 1.82) is 0 Å². The van der Waals surface area contributed by atoms with Gasteiger partial charge in [0.2, 0.25) is 11.8 Å². The summed E-state index contributed by atoms with van der Waals surface area (Å²) >= 11 is 0. The molecule has 0 aliphatic carbocycles. The lowest BCUT2D eigenvalue weighted by atomic mass is 9.99. The van der Waals surface area contributed by atoms with Crippen molar-refractivity contribution in [2.24, 2.45) is 0 Å². The minimum Gasteiger partial charge on any atom is -0.459 e. The zero-order valence-electron chi connectivity index (χ0n) is 27.2. The maximum atomic E-state index is 13.0. The standard InChI is InChI=1S/C35H49N3O8/c1-35(2,3)46-33(42)29-9-8-20-38(29)22-28-21-30(25-14-12-24(23-39)13-15-25)45-34(44-28)26-16-18-27(19-17-26)36-31(40)10-6-4-5-7-11-32(41)37-43/h12-19,28-30,34,39,43H,4-11,20-23H2,1-3H3,(H,36,40)(H,37,41)/t28-,29+,30+,34+/m1/s1. The summed E-state index contributed by atoms with van der Waals surface area (Å²) in [5.41, 5.74) is 4.38. The first-order valence-electron chi connectivity index (χ1n) is 16.3. The van der Waals surface area contributed by atoms with Gasteiger partial charge in [0.1, 0.15) is 11.6 Å². The number of anilines is 1. The molecule has 2 saturated heterocycles. The van der Waals surface area contributed by atoms with Gasteiger partial charge in [0, 0.05) is 37.1 Å². The van der Waals surface area contributed by atoms with E-state index < -0.39 is 17.8 Å². The highest BCUT2D eigenvalue weighted by atomic mass is 16.7. The van der Waals surface area contributed by atoms with Gasteiger partial charge < -0.3 is 24.6 Å². The number of hydrogen-bond acceptors (Lipinski definition) is 9. The normalized spacial score (nSPS) is 21.9. The molecule has 0 bridgehead atoms. The zero-order chi connectivity index (χ0) is 33.1. The Morgan fingerprint density at radius 2 is 1.57 bits per heavy atom. The number of likely N-dealkylation sites (tertiary alicyclic amines) is 1. The summed E-state index contributed by atoms with van der Waals surface area (Å²) in [5, 5.41) is 21.0. The van der Waals surface area contributed by atoms with Crippen LogP contribution in [0, 0.1) is 0 Å². The molecule has 11 nitrogen and oxygen atoms in total. The Kier molecular flexibility index (Phi) is 13.1. The highest BCUT2D eigenvalue weighted by Gasteiger charge is 2.38. The quantitative estimate of drug-likeness (QED) is 0.0934. The number of carbonyl (C=O) groups excluding carboxylic acids is 3. The highest BCUT2D eigenvalue weighted by Crippen LogP contribution is 2.39. The van der Waals surface area contributed by atoms with Gasteiger partial charge in [0.15, 0.2) is 6.29 Å². The monoisotopic (exact) mass is 639 g/mol. The summed E-state index contributed by atoms with van der Waals surface area (Å²) < 4.78 is 18.7. The summed E-state index contributed by atoms with van der Waals surface area (Å²) in [6, 6.07) is 14.9. The number of hydroxylamine groups is 1. The number of aliphatic hydroxyl groups is 1. The molecule has 0 radical (unpaired) electrons. The predicted molar refractivity (Wildman–Crippen MR) is 172 cm³/mol. The SMILES string of the molecule is CC(C)(C)OC(=O)[C@@H]1CCCN1C[C@H]1C[C@@H](c2ccc(CO)cc2)O[C@@H](c2ccc(NC(=O)CCCCCCC(=O)NO)cc2)O1. The van der Waals surface area contributed by atoms with Gasteiger partial charge in [-0.05, 0) is 76.3 Å². The van der Waals surface area contributed by atoms with Crippen LogP contribution in [0.1, 0.15) is 108 Å².